The summed E-state index contributed by atoms with van der Waals surface area (Å²) in [5.74, 6) is 1.03. The molecule has 2 aliphatic heterocycles. The van der Waals surface area contributed by atoms with Crippen molar-refractivity contribution in [2.24, 2.45) is 17.6 Å². The Morgan fingerprint density at radius 3 is 2.50 bits per heavy atom. The van der Waals surface area contributed by atoms with Gasteiger partial charge in [-0.2, -0.15) is 0 Å². The Kier molecular flexibility index (Phi) is 4.90. The van der Waals surface area contributed by atoms with Gasteiger partial charge in [0.25, 0.3) is 0 Å². The quantitative estimate of drug-likeness (QED) is 0.739. The third-order valence-corrected chi connectivity index (χ3v) is 3.74. The second-order valence-electron chi connectivity index (χ2n) is 6.49. The highest BCUT2D eigenvalue weighted by molar-refractivity contribution is 5.85. The van der Waals surface area contributed by atoms with Crippen molar-refractivity contribution in [3.05, 3.63) is 0 Å². The summed E-state index contributed by atoms with van der Waals surface area (Å²) in [5, 5.41) is 0. The average molecular weight is 277 g/mol. The molecule has 0 radical (unpaired) electrons. The predicted octanol–water partition coefficient (Wildman–Crippen LogP) is 2.40. The lowest BCUT2D eigenvalue weighted by Gasteiger charge is -2.28. The molecular weight excluding hydrogens is 252 g/mol. The van der Waals surface area contributed by atoms with Crippen molar-refractivity contribution in [1.29, 1.82) is 0 Å². The van der Waals surface area contributed by atoms with Gasteiger partial charge in [0.05, 0.1) is 0 Å². The van der Waals surface area contributed by atoms with Crippen LogP contribution in [0.1, 0.15) is 40.0 Å². The first kappa shape index (κ1) is 15.6. The van der Waals surface area contributed by atoms with E-state index in [0.29, 0.717) is 11.8 Å². The van der Waals surface area contributed by atoms with E-state index in [9.17, 15) is 4.79 Å². The van der Waals surface area contributed by atoms with Crippen molar-refractivity contribution in [2.75, 3.05) is 13.1 Å². The van der Waals surface area contributed by atoms with Gasteiger partial charge in [-0.05, 0) is 51.9 Å². The number of fused-ring (bicyclic) bond motifs is 4. The largest absolute Gasteiger partial charge is 0.444 e. The van der Waals surface area contributed by atoms with Crippen molar-refractivity contribution in [2.45, 2.75) is 51.7 Å². The topological polar surface area (TPSA) is 55.6 Å². The van der Waals surface area contributed by atoms with Crippen molar-refractivity contribution < 1.29 is 9.53 Å². The minimum Gasteiger partial charge on any atom is -0.444 e. The van der Waals surface area contributed by atoms with Gasteiger partial charge in [0.1, 0.15) is 5.60 Å². The average Bonchev–Trinajstić information content (AvgIpc) is 2.45. The Labute approximate surface area is 116 Å². The Morgan fingerprint density at radius 2 is 1.94 bits per heavy atom. The lowest BCUT2D eigenvalue weighted by molar-refractivity contribution is 0.0231. The Morgan fingerprint density at radius 1 is 1.28 bits per heavy atom. The molecule has 1 aliphatic carbocycles. The third-order valence-electron chi connectivity index (χ3n) is 3.74. The molecule has 1 saturated carbocycles. The molecule has 3 aliphatic rings. The highest BCUT2D eigenvalue weighted by Gasteiger charge is 2.37. The van der Waals surface area contributed by atoms with Gasteiger partial charge in [0, 0.05) is 19.1 Å². The van der Waals surface area contributed by atoms with Gasteiger partial charge < -0.3 is 15.4 Å². The van der Waals surface area contributed by atoms with E-state index >= 15 is 0 Å². The summed E-state index contributed by atoms with van der Waals surface area (Å²) in [4.78, 5) is 13.9. The molecule has 3 atom stereocenters. The number of nitrogens with zero attached hydrogens (tertiary/aromatic N) is 1. The summed E-state index contributed by atoms with van der Waals surface area (Å²) in [6.07, 6.45) is 3.25. The maximum atomic E-state index is 12.1. The summed E-state index contributed by atoms with van der Waals surface area (Å²) in [6.45, 7) is 7.31. The van der Waals surface area contributed by atoms with Crippen LogP contribution in [0.4, 0.5) is 4.79 Å². The van der Waals surface area contributed by atoms with Gasteiger partial charge in [-0.3, -0.25) is 0 Å². The molecule has 2 saturated heterocycles. The fraction of sp³-hybridized carbons (Fsp3) is 0.923. The summed E-state index contributed by atoms with van der Waals surface area (Å²) >= 11 is 0. The third kappa shape index (κ3) is 3.75. The molecule has 3 rings (SSSR count). The van der Waals surface area contributed by atoms with Gasteiger partial charge in [-0.1, -0.05) is 0 Å². The minimum atomic E-state index is -0.412. The zero-order valence-electron chi connectivity index (χ0n) is 11.5. The fourth-order valence-corrected chi connectivity index (χ4v) is 2.90. The summed E-state index contributed by atoms with van der Waals surface area (Å²) in [7, 11) is 0. The maximum Gasteiger partial charge on any atom is 0.410 e. The fourth-order valence-electron chi connectivity index (χ4n) is 2.90. The van der Waals surface area contributed by atoms with E-state index in [2.05, 4.69) is 0 Å². The van der Waals surface area contributed by atoms with Crippen molar-refractivity contribution >= 4 is 18.5 Å². The van der Waals surface area contributed by atoms with Crippen LogP contribution >= 0.6 is 12.4 Å². The molecule has 0 aromatic carbocycles. The molecule has 2 bridgehead atoms. The van der Waals surface area contributed by atoms with Gasteiger partial charge >= 0.3 is 6.09 Å². The van der Waals surface area contributed by atoms with Crippen LogP contribution in [0.15, 0.2) is 0 Å². The molecule has 4 nitrogen and oxygen atoms in total. The van der Waals surface area contributed by atoms with Gasteiger partial charge in [0.15, 0.2) is 0 Å². The standard InChI is InChI=1S/C13H24N2O2.ClH/c1-13(2,3)17-12(16)15-7-9-4-5-10(8-15)11(14)6-9;/h9-11H,4-8,14H2,1-3H3;1H/t9-,10-,11-;/m1./s1. The first-order valence-corrected chi connectivity index (χ1v) is 6.58. The first-order chi connectivity index (χ1) is 7.85. The van der Waals surface area contributed by atoms with Crippen LogP contribution in [0.3, 0.4) is 0 Å². The maximum absolute atomic E-state index is 12.1. The van der Waals surface area contributed by atoms with E-state index in [1.807, 2.05) is 25.7 Å². The number of carbonyl (C=O) groups is 1. The highest BCUT2D eigenvalue weighted by Crippen LogP contribution is 2.33. The molecule has 0 spiro atoms. The number of ether oxygens (including phenoxy) is 1. The number of hydrogen-bond acceptors (Lipinski definition) is 3. The number of rotatable bonds is 0. The van der Waals surface area contributed by atoms with E-state index < -0.39 is 5.60 Å². The van der Waals surface area contributed by atoms with E-state index in [-0.39, 0.29) is 24.5 Å². The molecule has 18 heavy (non-hydrogen) atoms. The molecular formula is C13H25ClN2O2. The molecule has 2 N–H and O–H groups in total. The van der Waals surface area contributed by atoms with Crippen molar-refractivity contribution in [3.8, 4) is 0 Å². The lowest BCUT2D eigenvalue weighted by Crippen LogP contribution is -2.41. The first-order valence-electron chi connectivity index (χ1n) is 6.58. The summed E-state index contributed by atoms with van der Waals surface area (Å²) in [5.41, 5.74) is 5.72. The highest BCUT2D eigenvalue weighted by atomic mass is 35.5. The van der Waals surface area contributed by atoms with E-state index in [0.717, 1.165) is 25.9 Å². The number of halogens is 1. The van der Waals surface area contributed by atoms with E-state index in [1.165, 1.54) is 6.42 Å². The zero-order valence-corrected chi connectivity index (χ0v) is 12.3. The Balaban J connectivity index is 0.00000162. The van der Waals surface area contributed by atoms with Crippen LogP contribution in [0, 0.1) is 11.8 Å². The second kappa shape index (κ2) is 5.66. The second-order valence-corrected chi connectivity index (χ2v) is 6.49. The van der Waals surface area contributed by atoms with Crippen LogP contribution in [0.5, 0.6) is 0 Å². The zero-order chi connectivity index (χ0) is 12.6. The predicted molar refractivity (Wildman–Crippen MR) is 73.9 cm³/mol. The number of nitrogens with two attached hydrogens (primary N) is 1. The monoisotopic (exact) mass is 276 g/mol. The SMILES string of the molecule is CC(C)(C)OC(=O)N1C[C@@H]2CC[C@H](C1)[C@H](N)C2.Cl. The number of amides is 1. The van der Waals surface area contributed by atoms with Crippen LogP contribution < -0.4 is 5.73 Å². The molecule has 1 amide bonds. The molecule has 106 valence electrons. The number of hydrogen-bond donors (Lipinski definition) is 1. The molecule has 0 unspecified atom stereocenters. The normalized spacial score (nSPS) is 31.6. The van der Waals surface area contributed by atoms with Gasteiger partial charge in [-0.15, -0.1) is 12.4 Å². The Hall–Kier alpha value is -0.480. The smallest absolute Gasteiger partial charge is 0.410 e. The summed E-state index contributed by atoms with van der Waals surface area (Å²) in [6, 6.07) is 0.265. The lowest BCUT2D eigenvalue weighted by atomic mass is 9.81. The molecule has 2 heterocycles. The molecule has 0 aromatic rings. The molecule has 5 heteroatoms. The van der Waals surface area contributed by atoms with Crippen LogP contribution in [0.2, 0.25) is 0 Å². The van der Waals surface area contributed by atoms with Crippen molar-refractivity contribution in [3.63, 3.8) is 0 Å². The molecule has 3 fully saturated rings. The van der Waals surface area contributed by atoms with Crippen LogP contribution in [-0.4, -0.2) is 35.7 Å². The summed E-state index contributed by atoms with van der Waals surface area (Å²) < 4.78 is 5.44. The number of carbonyl (C=O) groups excluding carboxylic acids is 1. The Bertz CT molecular complexity index is 304. The molecule has 0 aromatic heterocycles. The van der Waals surface area contributed by atoms with Crippen LogP contribution in [-0.2, 0) is 4.74 Å². The van der Waals surface area contributed by atoms with Gasteiger partial charge in [0.2, 0.25) is 0 Å². The van der Waals surface area contributed by atoms with E-state index in [1.54, 1.807) is 0 Å². The van der Waals surface area contributed by atoms with E-state index in [4.69, 9.17) is 10.5 Å². The van der Waals surface area contributed by atoms with Crippen molar-refractivity contribution in [1.82, 2.24) is 4.90 Å². The van der Waals surface area contributed by atoms with Gasteiger partial charge in [-0.25, -0.2) is 4.79 Å². The van der Waals surface area contributed by atoms with Crippen LogP contribution in [0.25, 0.3) is 0 Å². The minimum absolute atomic E-state index is 0.